The fraction of sp³-hybridized carbons (Fsp3) is 0.462. The van der Waals surface area contributed by atoms with Gasteiger partial charge in [-0.3, -0.25) is 9.69 Å². The van der Waals surface area contributed by atoms with E-state index < -0.39 is 29.3 Å². The second kappa shape index (κ2) is 12.3. The third kappa shape index (κ3) is 6.87. The lowest BCUT2D eigenvalue weighted by Gasteiger charge is -2.35. The third-order valence-corrected chi connectivity index (χ3v) is 8.24. The number of hydrogen-bond donors (Lipinski definition) is 2. The molecule has 16 heteroatoms. The van der Waals surface area contributed by atoms with Gasteiger partial charge in [-0.15, -0.1) is 0 Å². The fourth-order valence-corrected chi connectivity index (χ4v) is 5.91. The molecule has 3 aromatic rings. The fourth-order valence-electron chi connectivity index (χ4n) is 4.87. The van der Waals surface area contributed by atoms with Gasteiger partial charge in [0.2, 0.25) is 5.82 Å². The summed E-state index contributed by atoms with van der Waals surface area (Å²) in [5, 5.41) is 12.5. The summed E-state index contributed by atoms with van der Waals surface area (Å²) < 4.78 is 70.4. The van der Waals surface area contributed by atoms with Gasteiger partial charge in [0.05, 0.1) is 12.0 Å². The zero-order valence-electron chi connectivity index (χ0n) is 22.7. The Hall–Kier alpha value is -3.63. The Morgan fingerprint density at radius 2 is 1.69 bits per heavy atom. The van der Waals surface area contributed by atoms with E-state index in [1.54, 1.807) is 4.90 Å². The molecule has 0 amide bonds. The molecule has 1 aromatic carbocycles. The molecular weight excluding hydrogens is 583 g/mol. The minimum absolute atomic E-state index is 0.0228. The monoisotopic (exact) mass is 612 g/mol. The van der Waals surface area contributed by atoms with Gasteiger partial charge in [-0.25, -0.2) is 19.3 Å². The largest absolute Gasteiger partial charge is 0.481 e. The molecule has 0 saturated carbocycles. The van der Waals surface area contributed by atoms with Crippen molar-refractivity contribution in [3.8, 4) is 11.3 Å². The van der Waals surface area contributed by atoms with Crippen LogP contribution < -0.4 is 15.1 Å². The second-order valence-corrected chi connectivity index (χ2v) is 11.1. The van der Waals surface area contributed by atoms with Gasteiger partial charge in [-0.2, -0.15) is 17.6 Å². The standard InChI is InChI=1S/C26H29F5N8O2S/c1-36-4-8-39(9-5-36)24-21(16-12-17(26(29,30)31)14-18(27)13-16)34-25(42-24)35-22-20(28)23(33-15-32-22)38-10-6-37(7-11-38)3-2-19(40)41/h12-15H,2-11H2,1H3,(H,40,41)(H,32,33,34,35). The van der Waals surface area contributed by atoms with Crippen LogP contribution in [0.25, 0.3) is 11.3 Å². The minimum atomic E-state index is -4.75. The number of piperazine rings is 2. The van der Waals surface area contributed by atoms with Gasteiger partial charge < -0.3 is 25.1 Å². The molecule has 0 unspecified atom stereocenters. The van der Waals surface area contributed by atoms with Crippen molar-refractivity contribution in [2.24, 2.45) is 0 Å². The van der Waals surface area contributed by atoms with E-state index in [1.165, 1.54) is 6.33 Å². The van der Waals surface area contributed by atoms with E-state index in [0.29, 0.717) is 70.0 Å². The Kier molecular flexibility index (Phi) is 8.75. The molecule has 2 aromatic heterocycles. The van der Waals surface area contributed by atoms with E-state index in [-0.39, 0.29) is 34.4 Å². The lowest BCUT2D eigenvalue weighted by atomic mass is 10.1. The summed E-state index contributed by atoms with van der Waals surface area (Å²) in [5.74, 6) is -2.73. The van der Waals surface area contributed by atoms with E-state index in [1.807, 2.05) is 16.8 Å². The molecule has 4 heterocycles. The summed E-state index contributed by atoms with van der Waals surface area (Å²) in [4.78, 5) is 31.3. The number of carboxylic acid groups (broad SMARTS) is 1. The van der Waals surface area contributed by atoms with Crippen LogP contribution in [0.2, 0.25) is 0 Å². The van der Waals surface area contributed by atoms with E-state index in [2.05, 4.69) is 25.2 Å². The molecule has 42 heavy (non-hydrogen) atoms. The number of carbonyl (C=O) groups is 1. The first-order valence-electron chi connectivity index (χ1n) is 13.3. The minimum Gasteiger partial charge on any atom is -0.481 e. The van der Waals surface area contributed by atoms with Gasteiger partial charge >= 0.3 is 12.1 Å². The molecule has 0 atom stereocenters. The van der Waals surface area contributed by atoms with Crippen LogP contribution in [-0.2, 0) is 11.0 Å². The number of nitrogens with one attached hydrogen (secondary N) is 1. The lowest BCUT2D eigenvalue weighted by molar-refractivity contribution is -0.138. The van der Waals surface area contributed by atoms with Gasteiger partial charge in [0.25, 0.3) is 0 Å². The highest BCUT2D eigenvalue weighted by Gasteiger charge is 2.33. The van der Waals surface area contributed by atoms with Crippen LogP contribution in [0.1, 0.15) is 12.0 Å². The Labute approximate surface area is 242 Å². The topological polar surface area (TPSA) is 101 Å². The van der Waals surface area contributed by atoms with Crippen LogP contribution in [0, 0.1) is 11.6 Å². The Morgan fingerprint density at radius 1 is 1.00 bits per heavy atom. The summed E-state index contributed by atoms with van der Waals surface area (Å²) >= 11 is 1.12. The van der Waals surface area contributed by atoms with Gasteiger partial charge in [0.15, 0.2) is 16.8 Å². The van der Waals surface area contributed by atoms with Gasteiger partial charge in [0, 0.05) is 64.5 Å². The zero-order chi connectivity index (χ0) is 30.0. The molecule has 0 aliphatic carbocycles. The number of hydrogen-bond acceptors (Lipinski definition) is 10. The Morgan fingerprint density at radius 3 is 2.36 bits per heavy atom. The normalized spacial score (nSPS) is 17.1. The molecular formula is C26H29F5N8O2S. The molecule has 2 aliphatic heterocycles. The van der Waals surface area contributed by atoms with Crippen molar-refractivity contribution in [1.29, 1.82) is 0 Å². The molecule has 0 spiro atoms. The maximum absolute atomic E-state index is 15.6. The second-order valence-electron chi connectivity index (χ2n) is 10.1. The Balaban J connectivity index is 1.42. The first kappa shape index (κ1) is 29.8. The van der Waals surface area contributed by atoms with Gasteiger partial charge in [0.1, 0.15) is 22.8 Å². The highest BCUT2D eigenvalue weighted by Crippen LogP contribution is 2.42. The van der Waals surface area contributed by atoms with Crippen molar-refractivity contribution in [2.75, 3.05) is 81.1 Å². The number of rotatable bonds is 8. The van der Waals surface area contributed by atoms with Gasteiger partial charge in [-0.1, -0.05) is 11.3 Å². The maximum Gasteiger partial charge on any atom is 0.416 e. The third-order valence-electron chi connectivity index (χ3n) is 7.21. The maximum atomic E-state index is 15.6. The van der Waals surface area contributed by atoms with E-state index in [0.717, 1.165) is 23.5 Å². The molecule has 2 fully saturated rings. The van der Waals surface area contributed by atoms with E-state index in [4.69, 9.17) is 5.11 Å². The first-order chi connectivity index (χ1) is 20.0. The predicted molar refractivity (Wildman–Crippen MR) is 148 cm³/mol. The molecule has 2 saturated heterocycles. The quantitative estimate of drug-likeness (QED) is 0.364. The number of aliphatic carboxylic acids is 1. The zero-order valence-corrected chi connectivity index (χ0v) is 23.5. The molecule has 226 valence electrons. The predicted octanol–water partition coefficient (Wildman–Crippen LogP) is 3.99. The highest BCUT2D eigenvalue weighted by atomic mass is 32.1. The Bertz CT molecular complexity index is 1420. The van der Waals surface area contributed by atoms with E-state index >= 15 is 4.39 Å². The number of aromatic nitrogens is 3. The van der Waals surface area contributed by atoms with Gasteiger partial charge in [-0.05, 0) is 25.2 Å². The molecule has 0 bridgehead atoms. The van der Waals surface area contributed by atoms with Crippen LogP contribution >= 0.6 is 11.3 Å². The SMILES string of the molecule is CN1CCN(c2sc(Nc3ncnc(N4CCN(CCC(=O)O)CC4)c3F)nc2-c2cc(F)cc(C(F)(F)F)c2)CC1. The van der Waals surface area contributed by atoms with Crippen molar-refractivity contribution in [1.82, 2.24) is 24.8 Å². The van der Waals surface area contributed by atoms with Crippen molar-refractivity contribution in [3.63, 3.8) is 0 Å². The summed E-state index contributed by atoms with van der Waals surface area (Å²) in [6, 6.07) is 2.31. The molecule has 5 rings (SSSR count). The van der Waals surface area contributed by atoms with Crippen molar-refractivity contribution in [3.05, 3.63) is 41.7 Å². The highest BCUT2D eigenvalue weighted by molar-refractivity contribution is 7.20. The van der Waals surface area contributed by atoms with Crippen LogP contribution in [0.3, 0.4) is 0 Å². The smallest absolute Gasteiger partial charge is 0.416 e. The summed E-state index contributed by atoms with van der Waals surface area (Å²) in [6.07, 6.45) is -3.52. The van der Waals surface area contributed by atoms with Crippen LogP contribution in [0.5, 0.6) is 0 Å². The summed E-state index contributed by atoms with van der Waals surface area (Å²) in [6.45, 7) is 4.93. The summed E-state index contributed by atoms with van der Waals surface area (Å²) in [7, 11) is 1.96. The number of anilines is 4. The molecule has 2 aliphatic rings. The number of halogens is 5. The average molecular weight is 613 g/mol. The number of thiazole rings is 1. The van der Waals surface area contributed by atoms with Crippen molar-refractivity contribution >= 4 is 39.1 Å². The van der Waals surface area contributed by atoms with Crippen LogP contribution in [0.15, 0.2) is 24.5 Å². The van der Waals surface area contributed by atoms with Crippen molar-refractivity contribution in [2.45, 2.75) is 12.6 Å². The average Bonchev–Trinajstić information content (AvgIpc) is 3.37. The van der Waals surface area contributed by atoms with Crippen LogP contribution in [0.4, 0.5) is 43.7 Å². The number of alkyl halides is 3. The van der Waals surface area contributed by atoms with Crippen LogP contribution in [-0.4, -0.2) is 102 Å². The molecule has 0 radical (unpaired) electrons. The summed E-state index contributed by atoms with van der Waals surface area (Å²) in [5.41, 5.74) is -1.01. The number of benzene rings is 1. The number of likely N-dealkylation sites (N-methyl/N-ethyl adjacent to an activating group) is 1. The lowest BCUT2D eigenvalue weighted by Crippen LogP contribution is -2.47. The van der Waals surface area contributed by atoms with E-state index in [9.17, 15) is 22.4 Å². The number of nitrogens with zero attached hydrogens (tertiary/aromatic N) is 7. The number of carboxylic acids is 1. The first-order valence-corrected chi connectivity index (χ1v) is 14.1. The molecule has 2 N–H and O–H groups in total. The molecule has 10 nitrogen and oxygen atoms in total. The van der Waals surface area contributed by atoms with Crippen molar-refractivity contribution < 1.29 is 31.9 Å².